The van der Waals surface area contributed by atoms with E-state index in [0.29, 0.717) is 23.0 Å². The molecule has 0 aromatic heterocycles. The average Bonchev–Trinajstić information content (AvgIpc) is 2.82. The number of hydrogen-bond donors (Lipinski definition) is 2. The first-order valence-corrected chi connectivity index (χ1v) is 7.04. The highest BCUT2D eigenvalue weighted by atomic mass is 35.5. The summed E-state index contributed by atoms with van der Waals surface area (Å²) in [7, 11) is 0. The van der Waals surface area contributed by atoms with E-state index in [-0.39, 0.29) is 11.7 Å². The summed E-state index contributed by atoms with van der Waals surface area (Å²) < 4.78 is 0. The van der Waals surface area contributed by atoms with Gasteiger partial charge in [0, 0.05) is 6.54 Å². The number of aromatic hydroxyl groups is 1. The number of amides is 1. The molecule has 1 aromatic rings. The number of phenols is 1. The Morgan fingerprint density at radius 2 is 2.41 bits per heavy atom. The highest BCUT2D eigenvalue weighted by molar-refractivity contribution is 7.99. The van der Waals surface area contributed by atoms with Gasteiger partial charge in [0.15, 0.2) is 0 Å². The van der Waals surface area contributed by atoms with Gasteiger partial charge in [0.1, 0.15) is 5.75 Å². The Hall–Kier alpha value is -0.870. The van der Waals surface area contributed by atoms with E-state index in [1.807, 2.05) is 11.8 Å². The van der Waals surface area contributed by atoms with E-state index < -0.39 is 0 Å². The Morgan fingerprint density at radius 1 is 1.59 bits per heavy atom. The molecule has 1 saturated heterocycles. The quantitative estimate of drug-likeness (QED) is 0.888. The maximum absolute atomic E-state index is 11.9. The molecule has 2 N–H and O–H groups in total. The molecule has 1 aliphatic rings. The molecule has 1 heterocycles. The molecule has 1 unspecified atom stereocenters. The predicted octanol–water partition coefficient (Wildman–Crippen LogP) is 2.53. The van der Waals surface area contributed by atoms with E-state index in [2.05, 4.69) is 5.32 Å². The second-order valence-electron chi connectivity index (χ2n) is 4.10. The lowest BCUT2D eigenvalue weighted by Crippen LogP contribution is -2.29. The fourth-order valence-electron chi connectivity index (χ4n) is 1.76. The van der Waals surface area contributed by atoms with Crippen LogP contribution < -0.4 is 5.32 Å². The van der Waals surface area contributed by atoms with Gasteiger partial charge in [-0.05, 0) is 42.0 Å². The second-order valence-corrected chi connectivity index (χ2v) is 5.66. The lowest BCUT2D eigenvalue weighted by molar-refractivity contribution is 0.0948. The SMILES string of the molecule is O=C(NCC1CCSC1)c1cc(O)ccc1Cl. The fourth-order valence-corrected chi connectivity index (χ4v) is 3.25. The lowest BCUT2D eigenvalue weighted by Gasteiger charge is -2.11. The van der Waals surface area contributed by atoms with E-state index in [1.165, 1.54) is 24.0 Å². The molecule has 1 aliphatic heterocycles. The molecule has 1 aromatic carbocycles. The molecule has 1 fully saturated rings. The number of carbonyl (C=O) groups is 1. The number of nitrogens with one attached hydrogen (secondary N) is 1. The first kappa shape index (κ1) is 12.6. The van der Waals surface area contributed by atoms with Crippen molar-refractivity contribution in [3.05, 3.63) is 28.8 Å². The van der Waals surface area contributed by atoms with Gasteiger partial charge in [-0.1, -0.05) is 11.6 Å². The van der Waals surface area contributed by atoms with Crippen molar-refractivity contribution in [2.75, 3.05) is 18.1 Å². The van der Waals surface area contributed by atoms with Crippen molar-refractivity contribution in [3.63, 3.8) is 0 Å². The Kier molecular flexibility index (Phi) is 4.18. The molecule has 5 heteroatoms. The third-order valence-electron chi connectivity index (χ3n) is 2.77. The van der Waals surface area contributed by atoms with Crippen LogP contribution in [-0.2, 0) is 0 Å². The molecular weight excluding hydrogens is 258 g/mol. The molecule has 0 radical (unpaired) electrons. The van der Waals surface area contributed by atoms with Gasteiger partial charge in [-0.15, -0.1) is 0 Å². The molecular formula is C12H14ClNO2S. The number of phenolic OH excluding ortho intramolecular Hbond substituents is 1. The van der Waals surface area contributed by atoms with Gasteiger partial charge < -0.3 is 10.4 Å². The number of rotatable bonds is 3. The number of hydrogen-bond acceptors (Lipinski definition) is 3. The lowest BCUT2D eigenvalue weighted by atomic mass is 10.1. The smallest absolute Gasteiger partial charge is 0.252 e. The zero-order valence-electron chi connectivity index (χ0n) is 9.28. The van der Waals surface area contributed by atoms with Crippen molar-refractivity contribution in [1.29, 1.82) is 0 Å². The predicted molar refractivity (Wildman–Crippen MR) is 70.9 cm³/mol. The van der Waals surface area contributed by atoms with Crippen molar-refractivity contribution in [2.45, 2.75) is 6.42 Å². The summed E-state index contributed by atoms with van der Waals surface area (Å²) in [6.45, 7) is 0.678. The van der Waals surface area contributed by atoms with Crippen molar-refractivity contribution in [3.8, 4) is 5.75 Å². The standard InChI is InChI=1S/C12H14ClNO2S/c13-11-2-1-9(15)5-10(11)12(16)14-6-8-3-4-17-7-8/h1-2,5,8,15H,3-4,6-7H2,(H,14,16). The molecule has 0 spiro atoms. The van der Waals surface area contributed by atoms with Crippen LogP contribution >= 0.6 is 23.4 Å². The van der Waals surface area contributed by atoms with E-state index in [4.69, 9.17) is 11.6 Å². The largest absolute Gasteiger partial charge is 0.508 e. The Labute approximate surface area is 110 Å². The highest BCUT2D eigenvalue weighted by Crippen LogP contribution is 2.23. The van der Waals surface area contributed by atoms with Gasteiger partial charge in [-0.2, -0.15) is 11.8 Å². The summed E-state index contributed by atoms with van der Waals surface area (Å²) >= 11 is 7.83. The van der Waals surface area contributed by atoms with Gasteiger partial charge in [0.25, 0.3) is 5.91 Å². The molecule has 0 saturated carbocycles. The summed E-state index contributed by atoms with van der Waals surface area (Å²) in [4.78, 5) is 11.9. The number of carbonyl (C=O) groups excluding carboxylic acids is 1. The highest BCUT2D eigenvalue weighted by Gasteiger charge is 2.17. The van der Waals surface area contributed by atoms with Crippen molar-refractivity contribution >= 4 is 29.3 Å². The van der Waals surface area contributed by atoms with Gasteiger partial charge in [-0.3, -0.25) is 4.79 Å². The van der Waals surface area contributed by atoms with Crippen LogP contribution in [-0.4, -0.2) is 29.1 Å². The van der Waals surface area contributed by atoms with Gasteiger partial charge in [0.05, 0.1) is 10.6 Å². The monoisotopic (exact) mass is 271 g/mol. The van der Waals surface area contributed by atoms with E-state index in [0.717, 1.165) is 12.2 Å². The molecule has 0 aliphatic carbocycles. The first-order valence-electron chi connectivity index (χ1n) is 5.51. The third-order valence-corrected chi connectivity index (χ3v) is 4.33. The first-order chi connectivity index (χ1) is 8.16. The van der Waals surface area contributed by atoms with Crippen LogP contribution in [0.3, 0.4) is 0 Å². The van der Waals surface area contributed by atoms with Crippen LogP contribution in [0.25, 0.3) is 0 Å². The molecule has 92 valence electrons. The van der Waals surface area contributed by atoms with Gasteiger partial charge >= 0.3 is 0 Å². The third kappa shape index (κ3) is 3.30. The maximum atomic E-state index is 11.9. The molecule has 2 rings (SSSR count). The summed E-state index contributed by atoms with van der Waals surface area (Å²) in [6, 6.07) is 4.38. The van der Waals surface area contributed by atoms with Crippen molar-refractivity contribution < 1.29 is 9.90 Å². The van der Waals surface area contributed by atoms with Crippen LogP contribution in [0.5, 0.6) is 5.75 Å². The van der Waals surface area contributed by atoms with Gasteiger partial charge in [0.2, 0.25) is 0 Å². The van der Waals surface area contributed by atoms with Gasteiger partial charge in [-0.25, -0.2) is 0 Å². The molecule has 0 bridgehead atoms. The summed E-state index contributed by atoms with van der Waals surface area (Å²) in [5, 5.41) is 12.5. The van der Waals surface area contributed by atoms with Crippen molar-refractivity contribution in [2.24, 2.45) is 5.92 Å². The maximum Gasteiger partial charge on any atom is 0.252 e. The summed E-state index contributed by atoms with van der Waals surface area (Å²) in [5.74, 6) is 2.67. The van der Waals surface area contributed by atoms with E-state index in [9.17, 15) is 9.90 Å². The van der Waals surface area contributed by atoms with Crippen LogP contribution in [0.1, 0.15) is 16.8 Å². The molecule has 1 amide bonds. The minimum atomic E-state index is -0.220. The van der Waals surface area contributed by atoms with Crippen LogP contribution in [0, 0.1) is 5.92 Å². The minimum absolute atomic E-state index is 0.0518. The molecule has 1 atom stereocenters. The molecule has 17 heavy (non-hydrogen) atoms. The summed E-state index contributed by atoms with van der Waals surface area (Å²) in [6.07, 6.45) is 1.15. The Balaban J connectivity index is 1.96. The van der Waals surface area contributed by atoms with E-state index >= 15 is 0 Å². The topological polar surface area (TPSA) is 49.3 Å². The zero-order valence-corrected chi connectivity index (χ0v) is 10.9. The van der Waals surface area contributed by atoms with Crippen LogP contribution in [0.15, 0.2) is 18.2 Å². The molecule has 3 nitrogen and oxygen atoms in total. The number of thioether (sulfide) groups is 1. The Bertz CT molecular complexity index is 419. The zero-order chi connectivity index (χ0) is 12.3. The fraction of sp³-hybridized carbons (Fsp3) is 0.417. The normalized spacial score (nSPS) is 19.2. The number of benzene rings is 1. The second kappa shape index (κ2) is 5.65. The van der Waals surface area contributed by atoms with E-state index in [1.54, 1.807) is 0 Å². The number of halogens is 1. The van der Waals surface area contributed by atoms with Crippen LogP contribution in [0.4, 0.5) is 0 Å². The van der Waals surface area contributed by atoms with Crippen LogP contribution in [0.2, 0.25) is 5.02 Å². The Morgan fingerprint density at radius 3 is 3.12 bits per heavy atom. The van der Waals surface area contributed by atoms with Crippen molar-refractivity contribution in [1.82, 2.24) is 5.32 Å². The summed E-state index contributed by atoms with van der Waals surface area (Å²) in [5.41, 5.74) is 0.331. The minimum Gasteiger partial charge on any atom is -0.508 e. The average molecular weight is 272 g/mol.